The van der Waals surface area contributed by atoms with Crippen molar-refractivity contribution < 1.29 is 14.3 Å². The minimum Gasteiger partial charge on any atom is -0.484 e. The third kappa shape index (κ3) is 4.23. The van der Waals surface area contributed by atoms with Gasteiger partial charge in [-0.05, 0) is 43.5 Å². The average molecular weight is 304 g/mol. The number of benzene rings is 1. The van der Waals surface area contributed by atoms with Gasteiger partial charge in [0.1, 0.15) is 5.75 Å². The van der Waals surface area contributed by atoms with E-state index in [4.69, 9.17) is 4.74 Å². The van der Waals surface area contributed by atoms with Crippen LogP contribution in [0, 0.1) is 5.92 Å². The minimum atomic E-state index is -0.125. The number of hydrogen-bond acceptors (Lipinski definition) is 3. The molecule has 1 heterocycles. The van der Waals surface area contributed by atoms with Gasteiger partial charge in [0.2, 0.25) is 5.91 Å². The lowest BCUT2D eigenvalue weighted by molar-refractivity contribution is -0.124. The van der Waals surface area contributed by atoms with Gasteiger partial charge in [0.15, 0.2) is 6.61 Å². The van der Waals surface area contributed by atoms with Crippen LogP contribution < -0.4 is 15.0 Å². The van der Waals surface area contributed by atoms with Crippen molar-refractivity contribution in [1.82, 2.24) is 5.32 Å². The molecule has 1 fully saturated rings. The Labute approximate surface area is 131 Å². The molecule has 0 bridgehead atoms. The van der Waals surface area contributed by atoms with Crippen LogP contribution in [-0.4, -0.2) is 31.0 Å². The fourth-order valence-corrected chi connectivity index (χ4v) is 2.25. The van der Waals surface area contributed by atoms with Crippen LogP contribution in [0.25, 0.3) is 0 Å². The molecular weight excluding hydrogens is 280 g/mol. The molecule has 0 aromatic heterocycles. The molecule has 2 amide bonds. The van der Waals surface area contributed by atoms with E-state index in [9.17, 15) is 9.59 Å². The van der Waals surface area contributed by atoms with Crippen molar-refractivity contribution in [3.8, 4) is 5.75 Å². The van der Waals surface area contributed by atoms with E-state index in [-0.39, 0.29) is 24.5 Å². The Hall–Kier alpha value is -2.04. The SMILES string of the molecule is CC(C)C(C)NC(=O)COc1ccc(N2CCCC2=O)cc1. The molecule has 120 valence electrons. The summed E-state index contributed by atoms with van der Waals surface area (Å²) in [6.45, 7) is 6.87. The van der Waals surface area contributed by atoms with E-state index >= 15 is 0 Å². The second-order valence-corrected chi connectivity index (χ2v) is 6.03. The standard InChI is InChI=1S/C17H24N2O3/c1-12(2)13(3)18-16(20)11-22-15-8-6-14(7-9-15)19-10-4-5-17(19)21/h6-9,12-13H,4-5,10-11H2,1-3H3,(H,18,20). The molecule has 1 aromatic rings. The molecule has 22 heavy (non-hydrogen) atoms. The molecule has 1 N–H and O–H groups in total. The number of nitrogens with one attached hydrogen (secondary N) is 1. The number of ether oxygens (including phenoxy) is 1. The highest BCUT2D eigenvalue weighted by Crippen LogP contribution is 2.23. The molecule has 1 aromatic carbocycles. The van der Waals surface area contributed by atoms with Crippen molar-refractivity contribution in [2.75, 3.05) is 18.1 Å². The highest BCUT2D eigenvalue weighted by atomic mass is 16.5. The summed E-state index contributed by atoms with van der Waals surface area (Å²) in [7, 11) is 0. The molecule has 5 nitrogen and oxygen atoms in total. The summed E-state index contributed by atoms with van der Waals surface area (Å²) in [5.74, 6) is 1.06. The van der Waals surface area contributed by atoms with Gasteiger partial charge in [-0.15, -0.1) is 0 Å². The molecule has 1 saturated heterocycles. The lowest BCUT2D eigenvalue weighted by Gasteiger charge is -2.18. The molecule has 5 heteroatoms. The predicted molar refractivity (Wildman–Crippen MR) is 86.0 cm³/mol. The maximum Gasteiger partial charge on any atom is 0.258 e. The largest absolute Gasteiger partial charge is 0.484 e. The van der Waals surface area contributed by atoms with E-state index in [0.717, 1.165) is 18.7 Å². The van der Waals surface area contributed by atoms with Crippen LogP contribution in [0.1, 0.15) is 33.6 Å². The summed E-state index contributed by atoms with van der Waals surface area (Å²) < 4.78 is 5.48. The van der Waals surface area contributed by atoms with Crippen molar-refractivity contribution in [2.24, 2.45) is 5.92 Å². The molecule has 0 aliphatic carbocycles. The molecule has 0 radical (unpaired) electrons. The average Bonchev–Trinajstić information content (AvgIpc) is 2.91. The van der Waals surface area contributed by atoms with Crippen LogP contribution in [0.3, 0.4) is 0 Å². The lowest BCUT2D eigenvalue weighted by Crippen LogP contribution is -2.38. The number of carbonyl (C=O) groups is 2. The van der Waals surface area contributed by atoms with Crippen molar-refractivity contribution in [1.29, 1.82) is 0 Å². The molecule has 1 unspecified atom stereocenters. The van der Waals surface area contributed by atoms with Gasteiger partial charge in [0.25, 0.3) is 5.91 Å². The van der Waals surface area contributed by atoms with Crippen LogP contribution in [0.4, 0.5) is 5.69 Å². The Kier molecular flexibility index (Phi) is 5.41. The van der Waals surface area contributed by atoms with Crippen molar-refractivity contribution in [3.05, 3.63) is 24.3 Å². The fourth-order valence-electron chi connectivity index (χ4n) is 2.25. The Morgan fingerprint density at radius 3 is 2.50 bits per heavy atom. The molecule has 0 saturated carbocycles. The highest BCUT2D eigenvalue weighted by molar-refractivity contribution is 5.95. The Balaban J connectivity index is 1.84. The van der Waals surface area contributed by atoms with Gasteiger partial charge in [-0.1, -0.05) is 13.8 Å². The summed E-state index contributed by atoms with van der Waals surface area (Å²) in [5.41, 5.74) is 0.882. The monoisotopic (exact) mass is 304 g/mol. The van der Waals surface area contributed by atoms with Crippen LogP contribution in [0.15, 0.2) is 24.3 Å². The maximum absolute atomic E-state index is 11.8. The summed E-state index contributed by atoms with van der Waals surface area (Å²) in [4.78, 5) is 25.2. The van der Waals surface area contributed by atoms with Crippen LogP contribution in [0.5, 0.6) is 5.75 Å². The van der Waals surface area contributed by atoms with Crippen LogP contribution in [0.2, 0.25) is 0 Å². The van der Waals surface area contributed by atoms with E-state index in [0.29, 0.717) is 18.1 Å². The zero-order valence-corrected chi connectivity index (χ0v) is 13.5. The Morgan fingerprint density at radius 1 is 1.27 bits per heavy atom. The van der Waals surface area contributed by atoms with Gasteiger partial charge in [-0.2, -0.15) is 0 Å². The van der Waals surface area contributed by atoms with Gasteiger partial charge < -0.3 is 15.0 Å². The zero-order chi connectivity index (χ0) is 16.1. The number of nitrogens with zero attached hydrogens (tertiary/aromatic N) is 1. The van der Waals surface area contributed by atoms with E-state index < -0.39 is 0 Å². The molecule has 1 atom stereocenters. The van der Waals surface area contributed by atoms with Crippen molar-refractivity contribution in [2.45, 2.75) is 39.7 Å². The Morgan fingerprint density at radius 2 is 1.95 bits per heavy atom. The Bertz CT molecular complexity index is 525. The van der Waals surface area contributed by atoms with E-state index in [1.807, 2.05) is 19.1 Å². The predicted octanol–water partition coefficient (Wildman–Crippen LogP) is 2.35. The summed E-state index contributed by atoms with van der Waals surface area (Å²) in [5, 5.41) is 2.89. The zero-order valence-electron chi connectivity index (χ0n) is 13.5. The van der Waals surface area contributed by atoms with Gasteiger partial charge >= 0.3 is 0 Å². The molecule has 1 aliphatic heterocycles. The number of carbonyl (C=O) groups excluding carboxylic acids is 2. The van der Waals surface area contributed by atoms with Crippen LogP contribution in [-0.2, 0) is 9.59 Å². The number of anilines is 1. The minimum absolute atomic E-state index is 0.000941. The normalized spacial score (nSPS) is 16.0. The quantitative estimate of drug-likeness (QED) is 0.877. The topological polar surface area (TPSA) is 58.6 Å². The first-order chi connectivity index (χ1) is 10.5. The maximum atomic E-state index is 11.8. The summed E-state index contributed by atoms with van der Waals surface area (Å²) in [6.07, 6.45) is 1.53. The summed E-state index contributed by atoms with van der Waals surface area (Å²) >= 11 is 0. The highest BCUT2D eigenvalue weighted by Gasteiger charge is 2.21. The first kappa shape index (κ1) is 16.3. The van der Waals surface area contributed by atoms with Crippen molar-refractivity contribution in [3.63, 3.8) is 0 Å². The first-order valence-corrected chi connectivity index (χ1v) is 7.80. The van der Waals surface area contributed by atoms with E-state index in [2.05, 4.69) is 19.2 Å². The molecule has 1 aliphatic rings. The fraction of sp³-hybridized carbons (Fsp3) is 0.529. The van der Waals surface area contributed by atoms with Gasteiger partial charge in [-0.25, -0.2) is 0 Å². The smallest absolute Gasteiger partial charge is 0.258 e. The molecular formula is C17H24N2O3. The van der Waals surface area contributed by atoms with E-state index in [1.54, 1.807) is 17.0 Å². The second-order valence-electron chi connectivity index (χ2n) is 6.03. The number of hydrogen-bond donors (Lipinski definition) is 1. The first-order valence-electron chi connectivity index (χ1n) is 7.80. The second kappa shape index (κ2) is 7.29. The van der Waals surface area contributed by atoms with Gasteiger partial charge in [0.05, 0.1) is 0 Å². The molecule has 2 rings (SSSR count). The van der Waals surface area contributed by atoms with Gasteiger partial charge in [-0.3, -0.25) is 9.59 Å². The number of amides is 2. The number of rotatable bonds is 6. The van der Waals surface area contributed by atoms with Crippen molar-refractivity contribution >= 4 is 17.5 Å². The van der Waals surface area contributed by atoms with E-state index in [1.165, 1.54) is 0 Å². The third-order valence-corrected chi connectivity index (χ3v) is 3.98. The van der Waals surface area contributed by atoms with Crippen LogP contribution >= 0.6 is 0 Å². The third-order valence-electron chi connectivity index (χ3n) is 3.98. The molecule has 0 spiro atoms. The lowest BCUT2D eigenvalue weighted by atomic mass is 10.1. The van der Waals surface area contributed by atoms with Gasteiger partial charge in [0, 0.05) is 24.7 Å². The summed E-state index contributed by atoms with van der Waals surface area (Å²) in [6, 6.07) is 7.42.